The summed E-state index contributed by atoms with van der Waals surface area (Å²) < 4.78 is 33.6. The number of halogens is 1. The molecule has 2 aromatic carbocycles. The van der Waals surface area contributed by atoms with E-state index in [0.717, 1.165) is 10.1 Å². The maximum Gasteiger partial charge on any atom is 0.269 e. The third-order valence-corrected chi connectivity index (χ3v) is 7.71. The molecule has 34 heavy (non-hydrogen) atoms. The van der Waals surface area contributed by atoms with E-state index in [-0.39, 0.29) is 21.7 Å². The molecule has 4 aromatic rings. The van der Waals surface area contributed by atoms with Crippen LogP contribution >= 0.6 is 35.2 Å². The average Bonchev–Trinajstić information content (AvgIpc) is 3.16. The molecular formula is C21H16ClN5O4S3. The van der Waals surface area contributed by atoms with Crippen LogP contribution in [0.5, 0.6) is 5.88 Å². The van der Waals surface area contributed by atoms with Gasteiger partial charge < -0.3 is 10.1 Å². The number of benzene rings is 2. The van der Waals surface area contributed by atoms with Crippen LogP contribution in [0.15, 0.2) is 65.8 Å². The van der Waals surface area contributed by atoms with Crippen molar-refractivity contribution in [1.82, 2.24) is 15.3 Å². The van der Waals surface area contributed by atoms with Gasteiger partial charge in [0.1, 0.15) is 4.88 Å². The summed E-state index contributed by atoms with van der Waals surface area (Å²) in [5.41, 5.74) is 0.476. The number of hydrogen-bond donors (Lipinski definition) is 3. The molecule has 0 saturated heterocycles. The molecule has 0 fully saturated rings. The van der Waals surface area contributed by atoms with Crippen molar-refractivity contribution in [1.29, 1.82) is 0 Å². The standard InChI is InChI=1S/C21H16ClN5O4S3/c1-31-20-18(23-10-11-24-20)27-34(29,30)13-8-6-12(7-9-13)25-21(32)26-19(28)17-16(22)14-4-2-3-5-15(14)33-17/h2-11H,1H3,(H,23,27)(H2,25,26,28,32). The van der Waals surface area contributed by atoms with Crippen molar-refractivity contribution in [3.8, 4) is 5.88 Å². The van der Waals surface area contributed by atoms with Crippen LogP contribution in [-0.4, -0.2) is 36.5 Å². The number of aromatic nitrogens is 2. The van der Waals surface area contributed by atoms with Crippen LogP contribution in [0.1, 0.15) is 9.67 Å². The first-order chi connectivity index (χ1) is 16.3. The molecule has 0 unspecified atom stereocenters. The molecule has 4 rings (SSSR count). The van der Waals surface area contributed by atoms with Gasteiger partial charge in [-0.15, -0.1) is 11.3 Å². The molecule has 13 heteroatoms. The van der Waals surface area contributed by atoms with Gasteiger partial charge in [-0.3, -0.25) is 14.8 Å². The van der Waals surface area contributed by atoms with Crippen LogP contribution in [0.3, 0.4) is 0 Å². The highest BCUT2D eigenvalue weighted by Crippen LogP contribution is 2.35. The van der Waals surface area contributed by atoms with Crippen molar-refractivity contribution in [2.24, 2.45) is 0 Å². The van der Waals surface area contributed by atoms with Crippen molar-refractivity contribution in [2.45, 2.75) is 4.90 Å². The lowest BCUT2D eigenvalue weighted by atomic mass is 10.2. The van der Waals surface area contributed by atoms with Crippen molar-refractivity contribution in [2.75, 3.05) is 17.1 Å². The Hall–Kier alpha value is -3.32. The Labute approximate surface area is 209 Å². The molecule has 174 valence electrons. The maximum absolute atomic E-state index is 12.7. The van der Waals surface area contributed by atoms with Gasteiger partial charge in [-0.1, -0.05) is 29.8 Å². The third kappa shape index (κ3) is 5.09. The van der Waals surface area contributed by atoms with Gasteiger partial charge in [-0.2, -0.15) is 0 Å². The number of methoxy groups -OCH3 is 1. The third-order valence-electron chi connectivity index (χ3n) is 4.48. The zero-order chi connectivity index (χ0) is 24.3. The molecular weight excluding hydrogens is 518 g/mol. The Bertz CT molecular complexity index is 1490. The molecule has 0 saturated carbocycles. The van der Waals surface area contributed by atoms with Crippen LogP contribution in [0.4, 0.5) is 11.5 Å². The highest BCUT2D eigenvalue weighted by molar-refractivity contribution is 7.92. The number of carbonyl (C=O) groups is 1. The number of thiophene rings is 1. The van der Waals surface area contributed by atoms with E-state index in [4.69, 9.17) is 28.6 Å². The summed E-state index contributed by atoms with van der Waals surface area (Å²) in [4.78, 5) is 20.8. The second-order valence-electron chi connectivity index (χ2n) is 6.69. The zero-order valence-electron chi connectivity index (χ0n) is 17.4. The van der Waals surface area contributed by atoms with Gasteiger partial charge in [0.2, 0.25) is 5.82 Å². The van der Waals surface area contributed by atoms with Gasteiger partial charge in [-0.25, -0.2) is 18.4 Å². The summed E-state index contributed by atoms with van der Waals surface area (Å²) in [6.45, 7) is 0. The van der Waals surface area contributed by atoms with E-state index in [1.165, 1.54) is 55.1 Å². The Balaban J connectivity index is 1.42. The molecule has 9 nitrogen and oxygen atoms in total. The first-order valence-electron chi connectivity index (χ1n) is 9.56. The van der Waals surface area contributed by atoms with E-state index in [1.54, 1.807) is 0 Å². The molecule has 0 radical (unpaired) electrons. The summed E-state index contributed by atoms with van der Waals surface area (Å²) in [7, 11) is -2.58. The summed E-state index contributed by atoms with van der Waals surface area (Å²) >= 11 is 12.8. The number of nitrogens with one attached hydrogen (secondary N) is 3. The smallest absolute Gasteiger partial charge is 0.269 e. The first kappa shape index (κ1) is 23.8. The van der Waals surface area contributed by atoms with Gasteiger partial charge in [-0.05, 0) is 42.5 Å². The van der Waals surface area contributed by atoms with Gasteiger partial charge in [0.25, 0.3) is 21.8 Å². The van der Waals surface area contributed by atoms with Gasteiger partial charge in [0.05, 0.1) is 17.0 Å². The van der Waals surface area contributed by atoms with Gasteiger partial charge in [0, 0.05) is 28.2 Å². The second kappa shape index (κ2) is 9.89. The molecule has 0 aliphatic heterocycles. The minimum absolute atomic E-state index is 0.0160. The van der Waals surface area contributed by atoms with Crippen molar-refractivity contribution in [3.63, 3.8) is 0 Å². The number of nitrogens with zero attached hydrogens (tertiary/aromatic N) is 2. The lowest BCUT2D eigenvalue weighted by Crippen LogP contribution is -2.33. The summed E-state index contributed by atoms with van der Waals surface area (Å²) in [6.07, 6.45) is 2.72. The normalized spacial score (nSPS) is 11.1. The molecule has 0 spiro atoms. The second-order valence-corrected chi connectivity index (χ2v) is 10.2. The number of rotatable bonds is 6. The zero-order valence-corrected chi connectivity index (χ0v) is 20.6. The highest BCUT2D eigenvalue weighted by atomic mass is 35.5. The molecule has 2 aromatic heterocycles. The minimum atomic E-state index is -3.94. The molecule has 0 aliphatic rings. The number of fused-ring (bicyclic) bond motifs is 1. The summed E-state index contributed by atoms with van der Waals surface area (Å²) in [6, 6.07) is 13.2. The van der Waals surface area contributed by atoms with Crippen LogP contribution in [0.2, 0.25) is 5.02 Å². The Kier molecular flexibility index (Phi) is 6.93. The van der Waals surface area contributed by atoms with E-state index in [9.17, 15) is 13.2 Å². The van der Waals surface area contributed by atoms with Crippen LogP contribution in [0, 0.1) is 0 Å². The Morgan fingerprint density at radius 2 is 1.79 bits per heavy atom. The summed E-state index contributed by atoms with van der Waals surface area (Å²) in [5, 5.41) is 6.63. The van der Waals surface area contributed by atoms with E-state index in [1.807, 2.05) is 24.3 Å². The number of sulfonamides is 1. The van der Waals surface area contributed by atoms with Crippen molar-refractivity contribution < 1.29 is 17.9 Å². The molecule has 0 bridgehead atoms. The van der Waals surface area contributed by atoms with E-state index < -0.39 is 15.9 Å². The van der Waals surface area contributed by atoms with Gasteiger partial charge in [0.15, 0.2) is 5.11 Å². The van der Waals surface area contributed by atoms with Crippen molar-refractivity contribution in [3.05, 3.63) is 70.8 Å². The number of ether oxygens (including phenoxy) is 1. The van der Waals surface area contributed by atoms with Crippen LogP contribution in [-0.2, 0) is 10.0 Å². The van der Waals surface area contributed by atoms with Crippen molar-refractivity contribution >= 4 is 77.8 Å². The largest absolute Gasteiger partial charge is 0.478 e. The fourth-order valence-corrected chi connectivity index (χ4v) is 5.56. The Morgan fingerprint density at radius 1 is 1.09 bits per heavy atom. The predicted molar refractivity (Wildman–Crippen MR) is 136 cm³/mol. The molecule has 0 aliphatic carbocycles. The lowest BCUT2D eigenvalue weighted by Gasteiger charge is -2.11. The molecule has 2 heterocycles. The number of anilines is 2. The lowest BCUT2D eigenvalue weighted by molar-refractivity contribution is 0.0982. The SMILES string of the molecule is COc1nccnc1NS(=O)(=O)c1ccc(NC(=S)NC(=O)c2sc3ccccc3c2Cl)cc1. The predicted octanol–water partition coefficient (Wildman–Crippen LogP) is 4.28. The average molecular weight is 534 g/mol. The number of hydrogen-bond acceptors (Lipinski definition) is 8. The number of carbonyl (C=O) groups excluding carboxylic acids is 1. The maximum atomic E-state index is 12.7. The summed E-state index contributed by atoms with van der Waals surface area (Å²) in [5.74, 6) is -0.426. The highest BCUT2D eigenvalue weighted by Gasteiger charge is 2.19. The van der Waals surface area contributed by atoms with E-state index >= 15 is 0 Å². The van der Waals surface area contributed by atoms with Crippen LogP contribution < -0.4 is 20.1 Å². The minimum Gasteiger partial charge on any atom is -0.478 e. The topological polar surface area (TPSA) is 122 Å². The fraction of sp³-hybridized carbons (Fsp3) is 0.0476. The molecule has 0 atom stereocenters. The molecule has 1 amide bonds. The quantitative estimate of drug-likeness (QED) is 0.314. The Morgan fingerprint density at radius 3 is 2.50 bits per heavy atom. The number of amides is 1. The molecule has 3 N–H and O–H groups in total. The first-order valence-corrected chi connectivity index (χ1v) is 12.6. The fourth-order valence-electron chi connectivity index (χ4n) is 2.93. The van der Waals surface area contributed by atoms with E-state index in [2.05, 4.69) is 25.3 Å². The monoisotopic (exact) mass is 533 g/mol. The van der Waals surface area contributed by atoms with E-state index in [0.29, 0.717) is 15.6 Å². The number of thiocarbonyl (C=S) groups is 1. The van der Waals surface area contributed by atoms with Gasteiger partial charge >= 0.3 is 0 Å². The van der Waals surface area contributed by atoms with Crippen LogP contribution in [0.25, 0.3) is 10.1 Å².